The summed E-state index contributed by atoms with van der Waals surface area (Å²) in [6, 6.07) is 0. The first-order chi connectivity index (χ1) is 19.0. The number of nitrogens with one attached hydrogen (secondary N) is 1. The molecular weight excluding hydrogens is 490 g/mol. The van der Waals surface area contributed by atoms with Crippen LogP contribution in [0.4, 0.5) is 0 Å². The molecule has 0 rings (SSSR count). The van der Waals surface area contributed by atoms with Crippen LogP contribution in [0.3, 0.4) is 0 Å². The van der Waals surface area contributed by atoms with Gasteiger partial charge < -0.3 is 15.2 Å². The fourth-order valence-electron chi connectivity index (χ4n) is 5.04. The second-order valence-electron chi connectivity index (χ2n) is 11.4. The Bertz CT molecular complexity index is 580. The first-order valence-corrected chi connectivity index (χ1v) is 16.7. The molecule has 0 heterocycles. The maximum Gasteiger partial charge on any atom is 0.322 e. The quantitative estimate of drug-likeness (QED) is 0.0683. The highest BCUT2D eigenvalue weighted by Crippen LogP contribution is 2.19. The normalized spacial score (nSPS) is 11.8. The van der Waals surface area contributed by atoms with Gasteiger partial charge in [-0.25, -0.2) is 0 Å². The molecule has 0 aliphatic carbocycles. The van der Waals surface area contributed by atoms with Crippen molar-refractivity contribution in [3.63, 3.8) is 0 Å². The minimum absolute atomic E-state index is 0.0204. The van der Waals surface area contributed by atoms with Crippen LogP contribution in [0.1, 0.15) is 181 Å². The van der Waals surface area contributed by atoms with Crippen molar-refractivity contribution in [3.05, 3.63) is 0 Å². The molecule has 0 radical (unpaired) electrons. The van der Waals surface area contributed by atoms with Crippen LogP contribution in [-0.4, -0.2) is 35.6 Å². The van der Waals surface area contributed by atoms with Crippen LogP contribution in [0.5, 0.6) is 0 Å². The molecule has 1 atom stereocenters. The van der Waals surface area contributed by atoms with E-state index in [4.69, 9.17) is 9.84 Å². The molecule has 0 aromatic rings. The first-order valence-electron chi connectivity index (χ1n) is 16.7. The van der Waals surface area contributed by atoms with Crippen molar-refractivity contribution in [2.24, 2.45) is 0 Å². The van der Waals surface area contributed by atoms with Crippen molar-refractivity contribution in [1.29, 1.82) is 0 Å². The molecule has 0 aromatic carbocycles. The van der Waals surface area contributed by atoms with Gasteiger partial charge in [-0.1, -0.05) is 129 Å². The summed E-state index contributed by atoms with van der Waals surface area (Å²) in [5.41, 5.74) is 0. The summed E-state index contributed by atoms with van der Waals surface area (Å²) in [5.74, 6) is -1.23. The van der Waals surface area contributed by atoms with Gasteiger partial charge in [0.15, 0.2) is 0 Å². The Hall–Kier alpha value is -1.59. The van der Waals surface area contributed by atoms with Gasteiger partial charge in [0.05, 0.1) is 0 Å². The zero-order valence-electron chi connectivity index (χ0n) is 25.7. The van der Waals surface area contributed by atoms with Gasteiger partial charge in [-0.05, 0) is 38.5 Å². The number of amides is 1. The van der Waals surface area contributed by atoms with Crippen molar-refractivity contribution in [2.45, 2.75) is 187 Å². The average Bonchev–Trinajstić information content (AvgIpc) is 2.91. The molecule has 0 spiro atoms. The summed E-state index contributed by atoms with van der Waals surface area (Å²) in [5, 5.41) is 11.0. The second-order valence-corrected chi connectivity index (χ2v) is 11.4. The molecule has 0 fully saturated rings. The van der Waals surface area contributed by atoms with Crippen molar-refractivity contribution in [1.82, 2.24) is 5.32 Å². The Labute approximate surface area is 240 Å². The minimum atomic E-state index is -1.01. The van der Waals surface area contributed by atoms with Gasteiger partial charge in [0, 0.05) is 12.8 Å². The van der Waals surface area contributed by atoms with E-state index in [2.05, 4.69) is 19.2 Å². The molecule has 0 bridgehead atoms. The number of carbonyl (C=O) groups is 3. The Morgan fingerprint density at radius 3 is 1.38 bits per heavy atom. The molecular formula is C33H63NO5. The van der Waals surface area contributed by atoms with E-state index in [-0.39, 0.29) is 24.5 Å². The van der Waals surface area contributed by atoms with E-state index >= 15 is 0 Å². The van der Waals surface area contributed by atoms with Gasteiger partial charge in [0.2, 0.25) is 5.91 Å². The van der Waals surface area contributed by atoms with E-state index in [9.17, 15) is 14.4 Å². The highest BCUT2D eigenvalue weighted by molar-refractivity contribution is 5.80. The maximum absolute atomic E-state index is 12.5. The van der Waals surface area contributed by atoms with Crippen LogP contribution in [-0.2, 0) is 19.1 Å². The molecule has 0 aliphatic heterocycles. The minimum Gasteiger partial charge on any atom is -0.480 e. The fraction of sp³-hybridized carbons (Fsp3) is 0.909. The predicted molar refractivity (Wildman–Crippen MR) is 162 cm³/mol. The lowest BCUT2D eigenvalue weighted by Gasteiger charge is -2.18. The van der Waals surface area contributed by atoms with Crippen LogP contribution < -0.4 is 5.32 Å². The van der Waals surface area contributed by atoms with Gasteiger partial charge in [-0.2, -0.15) is 0 Å². The smallest absolute Gasteiger partial charge is 0.322 e. The van der Waals surface area contributed by atoms with Crippen molar-refractivity contribution in [3.8, 4) is 0 Å². The number of rotatable bonds is 30. The number of hydrogen-bond acceptors (Lipinski definition) is 4. The van der Waals surface area contributed by atoms with Crippen LogP contribution >= 0.6 is 0 Å². The van der Waals surface area contributed by atoms with E-state index in [1.807, 2.05) is 0 Å². The van der Waals surface area contributed by atoms with Crippen molar-refractivity contribution < 1.29 is 24.2 Å². The summed E-state index contributed by atoms with van der Waals surface area (Å²) < 4.78 is 5.94. The van der Waals surface area contributed by atoms with Gasteiger partial charge in [0.1, 0.15) is 12.6 Å². The van der Waals surface area contributed by atoms with Gasteiger partial charge in [-0.3, -0.25) is 14.4 Å². The largest absolute Gasteiger partial charge is 0.480 e. The van der Waals surface area contributed by atoms with Crippen LogP contribution in [0, 0.1) is 0 Å². The molecule has 39 heavy (non-hydrogen) atoms. The van der Waals surface area contributed by atoms with E-state index in [1.165, 1.54) is 89.9 Å². The highest BCUT2D eigenvalue weighted by Gasteiger charge is 2.14. The zero-order chi connectivity index (χ0) is 28.8. The summed E-state index contributed by atoms with van der Waals surface area (Å²) in [4.78, 5) is 34.6. The van der Waals surface area contributed by atoms with Crippen molar-refractivity contribution >= 4 is 17.8 Å². The number of aliphatic carboxylic acids is 1. The Morgan fingerprint density at radius 1 is 0.564 bits per heavy atom. The highest BCUT2D eigenvalue weighted by atomic mass is 16.5. The molecule has 2 N–H and O–H groups in total. The lowest BCUT2D eigenvalue weighted by molar-refractivity contribution is -0.150. The third-order valence-corrected chi connectivity index (χ3v) is 7.53. The molecule has 1 amide bonds. The standard InChI is InChI=1S/C33H63NO5/c1-3-5-7-9-11-12-13-15-17-21-25-30(39-33(38)28-24-20-14-10-8-6-4-2)26-22-18-16-19-23-27-31(35)34-29-32(36)37/h30H,3-29H2,1-2H3,(H,34,35)(H,36,37). The van der Waals surface area contributed by atoms with Crippen LogP contribution in [0.25, 0.3) is 0 Å². The molecule has 0 aromatic heterocycles. The third kappa shape index (κ3) is 29.2. The summed E-state index contributed by atoms with van der Waals surface area (Å²) >= 11 is 0. The number of carboxylic acids is 1. The SMILES string of the molecule is CCCCCCCCCCCCC(CCCCCCCC(=O)NCC(=O)O)OC(=O)CCCCCCCCC. The summed E-state index contributed by atoms with van der Waals surface area (Å²) in [7, 11) is 0. The Morgan fingerprint density at radius 2 is 0.949 bits per heavy atom. The second kappa shape index (κ2) is 29.4. The molecule has 0 aliphatic rings. The molecule has 6 nitrogen and oxygen atoms in total. The van der Waals surface area contributed by atoms with Gasteiger partial charge in [0.25, 0.3) is 0 Å². The lowest BCUT2D eigenvalue weighted by atomic mass is 10.0. The van der Waals surface area contributed by atoms with E-state index in [1.54, 1.807) is 0 Å². The first kappa shape index (κ1) is 37.4. The number of unbranched alkanes of at least 4 members (excludes halogenated alkanes) is 19. The molecule has 0 saturated heterocycles. The molecule has 6 heteroatoms. The van der Waals surface area contributed by atoms with E-state index < -0.39 is 5.97 Å². The van der Waals surface area contributed by atoms with Crippen molar-refractivity contribution in [2.75, 3.05) is 6.54 Å². The van der Waals surface area contributed by atoms with E-state index in [0.29, 0.717) is 12.8 Å². The number of carbonyl (C=O) groups excluding carboxylic acids is 2. The van der Waals surface area contributed by atoms with Gasteiger partial charge in [-0.15, -0.1) is 0 Å². The fourth-order valence-corrected chi connectivity index (χ4v) is 5.04. The monoisotopic (exact) mass is 553 g/mol. The summed E-state index contributed by atoms with van der Waals surface area (Å²) in [6.45, 7) is 4.18. The topological polar surface area (TPSA) is 92.7 Å². The number of carboxylic acid groups (broad SMARTS) is 1. The maximum atomic E-state index is 12.5. The van der Waals surface area contributed by atoms with Crippen LogP contribution in [0.2, 0.25) is 0 Å². The van der Waals surface area contributed by atoms with Gasteiger partial charge >= 0.3 is 11.9 Å². The summed E-state index contributed by atoms with van der Waals surface area (Å²) in [6.07, 6.45) is 29.3. The zero-order valence-corrected chi connectivity index (χ0v) is 25.7. The lowest BCUT2D eigenvalue weighted by Crippen LogP contribution is -2.28. The average molecular weight is 554 g/mol. The van der Waals surface area contributed by atoms with E-state index in [0.717, 1.165) is 64.2 Å². The predicted octanol–water partition coefficient (Wildman–Crippen LogP) is 9.28. The molecule has 230 valence electrons. The number of hydrogen-bond donors (Lipinski definition) is 2. The number of esters is 1. The number of ether oxygens (including phenoxy) is 1. The molecule has 1 unspecified atom stereocenters. The van der Waals surface area contributed by atoms with Crippen LogP contribution in [0.15, 0.2) is 0 Å². The molecule has 0 saturated carbocycles. The Balaban J connectivity index is 4.14. The Kier molecular flexibility index (Phi) is 28.2. The third-order valence-electron chi connectivity index (χ3n) is 7.53.